The molecule has 34 heavy (non-hydrogen) atoms. The molecule has 2 nitrogen and oxygen atoms in total. The molecular formula is C32H50N2. The molecule has 0 amide bonds. The first-order valence-electron chi connectivity index (χ1n) is 14.2. The molecule has 0 spiro atoms. The van der Waals surface area contributed by atoms with Gasteiger partial charge in [0.1, 0.15) is 0 Å². The van der Waals surface area contributed by atoms with Crippen LogP contribution in [0.2, 0.25) is 0 Å². The lowest BCUT2D eigenvalue weighted by Gasteiger charge is -2.27. The minimum Gasteiger partial charge on any atom is -0.373 e. The molecule has 2 unspecified atom stereocenters. The first-order chi connectivity index (χ1) is 16.7. The lowest BCUT2D eigenvalue weighted by Crippen LogP contribution is -2.27. The Balaban J connectivity index is 1.48. The molecular weight excluding hydrogens is 412 g/mol. The maximum atomic E-state index is 2.53. The van der Waals surface area contributed by atoms with E-state index in [2.05, 4.69) is 84.7 Å². The van der Waals surface area contributed by atoms with E-state index in [1.54, 1.807) is 5.57 Å². The summed E-state index contributed by atoms with van der Waals surface area (Å²) >= 11 is 0. The minimum absolute atomic E-state index is 0.766. The van der Waals surface area contributed by atoms with Gasteiger partial charge in [0.15, 0.2) is 0 Å². The molecule has 3 heterocycles. The highest BCUT2D eigenvalue weighted by Crippen LogP contribution is 2.20. The standard InChI is InChI=1S/C32H50N2/c1-29-17-11-7-3-5-9-14-20-32-22-16-24-34(28-32)26-30(2)18-12-8-4-6-10-13-19-31-21-15-23-33(25-29)27-31/h5-6,9-10,15-16,21-23,28-30H,3-4,7-8,11-14,17-20,24-27H2,1-2H3. The quantitative estimate of drug-likeness (QED) is 0.333. The van der Waals surface area contributed by atoms with Crippen LogP contribution in [0, 0.1) is 11.8 Å². The van der Waals surface area contributed by atoms with Crippen molar-refractivity contribution >= 4 is 0 Å². The Hall–Kier alpha value is -1.96. The summed E-state index contributed by atoms with van der Waals surface area (Å²) in [4.78, 5) is 5.06. The van der Waals surface area contributed by atoms with Crippen molar-refractivity contribution < 1.29 is 0 Å². The van der Waals surface area contributed by atoms with E-state index in [0.717, 1.165) is 24.9 Å². The van der Waals surface area contributed by atoms with E-state index in [1.807, 2.05) is 0 Å². The van der Waals surface area contributed by atoms with Crippen molar-refractivity contribution in [1.82, 2.24) is 9.80 Å². The number of hydrogen-bond donors (Lipinski definition) is 0. The summed E-state index contributed by atoms with van der Waals surface area (Å²) < 4.78 is 0. The molecule has 0 N–H and O–H groups in total. The van der Waals surface area contributed by atoms with Crippen molar-refractivity contribution in [1.29, 1.82) is 0 Å². The highest BCUT2D eigenvalue weighted by Gasteiger charge is 2.12. The van der Waals surface area contributed by atoms with Gasteiger partial charge in [0.05, 0.1) is 0 Å². The van der Waals surface area contributed by atoms with Gasteiger partial charge in [0.25, 0.3) is 0 Å². The Labute approximate surface area is 210 Å². The Morgan fingerprint density at radius 3 is 2.09 bits per heavy atom. The summed E-state index contributed by atoms with van der Waals surface area (Å²) in [6.07, 6.45) is 38.9. The summed E-state index contributed by atoms with van der Waals surface area (Å²) in [5.41, 5.74) is 3.08. The van der Waals surface area contributed by atoms with Crippen LogP contribution in [0.25, 0.3) is 0 Å². The number of allylic oxidation sites excluding steroid dienone is 8. The molecule has 0 aliphatic carbocycles. The lowest BCUT2D eigenvalue weighted by atomic mass is 10.00. The Bertz CT molecular complexity index is 751. The van der Waals surface area contributed by atoms with E-state index in [9.17, 15) is 0 Å². The fraction of sp³-hybridized carbons (Fsp3) is 0.625. The van der Waals surface area contributed by atoms with Crippen LogP contribution in [0.1, 0.15) is 90.9 Å². The zero-order chi connectivity index (χ0) is 23.8. The molecule has 0 aromatic carbocycles. The molecule has 188 valence electrons. The van der Waals surface area contributed by atoms with Gasteiger partial charge >= 0.3 is 0 Å². The molecule has 0 saturated heterocycles. The molecule has 0 radical (unpaired) electrons. The van der Waals surface area contributed by atoms with E-state index in [1.165, 1.54) is 95.7 Å². The average molecular weight is 463 g/mol. The van der Waals surface area contributed by atoms with Crippen LogP contribution < -0.4 is 0 Å². The molecule has 0 saturated carbocycles. The molecule has 2 atom stereocenters. The van der Waals surface area contributed by atoms with Gasteiger partial charge in [-0.15, -0.1) is 0 Å². The van der Waals surface area contributed by atoms with Gasteiger partial charge in [-0.05, 0) is 93.9 Å². The summed E-state index contributed by atoms with van der Waals surface area (Å²) in [6, 6.07) is 0. The fourth-order valence-electron chi connectivity index (χ4n) is 5.38. The summed E-state index contributed by atoms with van der Waals surface area (Å²) in [6.45, 7) is 9.44. The number of nitrogens with zero attached hydrogens (tertiary/aromatic N) is 2. The third-order valence-corrected chi connectivity index (χ3v) is 7.35. The largest absolute Gasteiger partial charge is 0.373 e. The van der Waals surface area contributed by atoms with Gasteiger partial charge in [-0.25, -0.2) is 0 Å². The van der Waals surface area contributed by atoms with Gasteiger partial charge in [0.2, 0.25) is 0 Å². The van der Waals surface area contributed by atoms with Crippen molar-refractivity contribution in [2.24, 2.45) is 11.8 Å². The fourth-order valence-corrected chi connectivity index (χ4v) is 5.38. The molecule has 3 aliphatic rings. The van der Waals surface area contributed by atoms with E-state index in [0.29, 0.717) is 0 Å². The first-order valence-corrected chi connectivity index (χ1v) is 14.2. The van der Waals surface area contributed by atoms with Crippen LogP contribution in [0.4, 0.5) is 0 Å². The molecule has 0 aromatic heterocycles. The van der Waals surface area contributed by atoms with E-state index < -0.39 is 0 Å². The molecule has 0 fully saturated rings. The molecule has 2 heteroatoms. The molecule has 4 bridgehead atoms. The summed E-state index contributed by atoms with van der Waals surface area (Å²) in [5, 5.41) is 0. The van der Waals surface area contributed by atoms with Crippen LogP contribution in [0.15, 0.2) is 72.2 Å². The smallest absolute Gasteiger partial charge is 0.0386 e. The van der Waals surface area contributed by atoms with Gasteiger partial charge in [-0.1, -0.05) is 74.8 Å². The second-order valence-corrected chi connectivity index (χ2v) is 11.0. The van der Waals surface area contributed by atoms with Crippen LogP contribution in [0.5, 0.6) is 0 Å². The number of hydrogen-bond acceptors (Lipinski definition) is 2. The van der Waals surface area contributed by atoms with E-state index in [4.69, 9.17) is 0 Å². The van der Waals surface area contributed by atoms with Crippen molar-refractivity contribution in [2.45, 2.75) is 90.9 Å². The van der Waals surface area contributed by atoms with Crippen LogP contribution in [0.3, 0.4) is 0 Å². The maximum Gasteiger partial charge on any atom is 0.0386 e. The Morgan fingerprint density at radius 2 is 1.35 bits per heavy atom. The number of fused-ring (bicyclic) bond motifs is 3. The highest BCUT2D eigenvalue weighted by molar-refractivity contribution is 5.23. The summed E-state index contributed by atoms with van der Waals surface area (Å²) in [5.74, 6) is 1.53. The molecule has 3 rings (SSSR count). The second-order valence-electron chi connectivity index (χ2n) is 11.0. The van der Waals surface area contributed by atoms with Crippen LogP contribution >= 0.6 is 0 Å². The van der Waals surface area contributed by atoms with Gasteiger partial charge < -0.3 is 9.80 Å². The normalized spacial score (nSPS) is 26.8. The Morgan fingerprint density at radius 1 is 0.706 bits per heavy atom. The average Bonchev–Trinajstić information content (AvgIpc) is 2.82. The van der Waals surface area contributed by atoms with Gasteiger partial charge in [0, 0.05) is 32.4 Å². The van der Waals surface area contributed by atoms with Gasteiger partial charge in [-0.3, -0.25) is 0 Å². The van der Waals surface area contributed by atoms with Gasteiger partial charge in [-0.2, -0.15) is 0 Å². The van der Waals surface area contributed by atoms with Crippen molar-refractivity contribution in [3.05, 3.63) is 72.2 Å². The maximum absolute atomic E-state index is 2.53. The predicted octanol–water partition coefficient (Wildman–Crippen LogP) is 8.58. The van der Waals surface area contributed by atoms with E-state index >= 15 is 0 Å². The predicted molar refractivity (Wildman–Crippen MR) is 150 cm³/mol. The Kier molecular flexibility index (Phi) is 12.4. The molecule has 3 aliphatic heterocycles. The second kappa shape index (κ2) is 15.8. The SMILES string of the molecule is CC1CCCCC=CCCC2=CC=CN(C2)CC(C)CCCCC=CCCC2=CN(CC=C2)C1. The zero-order valence-corrected chi connectivity index (χ0v) is 22.1. The van der Waals surface area contributed by atoms with Crippen LogP contribution in [-0.4, -0.2) is 36.0 Å². The van der Waals surface area contributed by atoms with Crippen molar-refractivity contribution in [3.63, 3.8) is 0 Å². The first kappa shape index (κ1) is 26.6. The third kappa shape index (κ3) is 11.0. The van der Waals surface area contributed by atoms with Crippen molar-refractivity contribution in [2.75, 3.05) is 26.2 Å². The van der Waals surface area contributed by atoms with E-state index in [-0.39, 0.29) is 0 Å². The molecule has 0 aromatic rings. The monoisotopic (exact) mass is 462 g/mol. The van der Waals surface area contributed by atoms with Crippen LogP contribution in [-0.2, 0) is 0 Å². The number of rotatable bonds is 0. The highest BCUT2D eigenvalue weighted by atomic mass is 15.1. The summed E-state index contributed by atoms with van der Waals surface area (Å²) in [7, 11) is 0. The minimum atomic E-state index is 0.766. The topological polar surface area (TPSA) is 6.48 Å². The third-order valence-electron chi connectivity index (χ3n) is 7.35. The lowest BCUT2D eigenvalue weighted by molar-refractivity contribution is 0.318. The zero-order valence-electron chi connectivity index (χ0n) is 22.1. The van der Waals surface area contributed by atoms with Crippen molar-refractivity contribution in [3.8, 4) is 0 Å².